The molecule has 0 saturated heterocycles. The molecule has 1 aromatic carbocycles. The highest BCUT2D eigenvalue weighted by atomic mass is 32.2. The molecular weight excluding hydrogens is 366 g/mol. The molecule has 1 fully saturated rings. The van der Waals surface area contributed by atoms with Gasteiger partial charge >= 0.3 is 0 Å². The molecule has 3 rings (SSSR count). The normalized spacial score (nSPS) is 15.4. The van der Waals surface area contributed by atoms with E-state index in [0.29, 0.717) is 17.1 Å². The van der Waals surface area contributed by atoms with E-state index in [-0.39, 0.29) is 16.7 Å². The Kier molecular flexibility index (Phi) is 5.74. The van der Waals surface area contributed by atoms with E-state index >= 15 is 0 Å². The lowest BCUT2D eigenvalue weighted by Gasteiger charge is -2.21. The fraction of sp³-hybridized carbons (Fsp3) is 0.421. The van der Waals surface area contributed by atoms with Crippen molar-refractivity contribution in [2.24, 2.45) is 0 Å². The Hall–Kier alpha value is -2.48. The molecule has 0 radical (unpaired) electrons. The second-order valence-corrected chi connectivity index (χ2v) is 9.29. The summed E-state index contributed by atoms with van der Waals surface area (Å²) in [4.78, 5) is 14.5. The van der Waals surface area contributed by atoms with E-state index < -0.39 is 14.8 Å². The summed E-state index contributed by atoms with van der Waals surface area (Å²) in [6.07, 6.45) is 5.81. The Labute approximate surface area is 158 Å². The van der Waals surface area contributed by atoms with Gasteiger partial charge < -0.3 is 5.32 Å². The van der Waals surface area contributed by atoms with Gasteiger partial charge in [0.1, 0.15) is 12.0 Å². The standard InChI is InChI=1S/C19H23N3O4S/c1-14-10-19(20-12-18(14)22(23)24)21-16-7-5-6-15(11-16)13-27(25,26)17-8-3-2-4-9-17/h5-7,10-12,17H,2-4,8-9,13H2,1H3,(H,20,21). The minimum absolute atomic E-state index is 0.0277. The average molecular weight is 389 g/mol. The van der Waals surface area contributed by atoms with Gasteiger partial charge in [-0.15, -0.1) is 0 Å². The number of nitrogens with zero attached hydrogens (tertiary/aromatic N) is 2. The Morgan fingerprint density at radius 2 is 1.96 bits per heavy atom. The van der Waals surface area contributed by atoms with Crippen molar-refractivity contribution in [3.8, 4) is 0 Å². The molecule has 144 valence electrons. The van der Waals surface area contributed by atoms with E-state index in [4.69, 9.17) is 0 Å². The molecule has 2 aromatic rings. The van der Waals surface area contributed by atoms with Crippen molar-refractivity contribution in [2.45, 2.75) is 50.0 Å². The number of nitro groups is 1. The number of pyridine rings is 1. The molecule has 8 heteroatoms. The van der Waals surface area contributed by atoms with Crippen LogP contribution in [0.1, 0.15) is 43.2 Å². The van der Waals surface area contributed by atoms with E-state index in [1.54, 1.807) is 31.2 Å². The topological polar surface area (TPSA) is 102 Å². The number of sulfone groups is 1. The van der Waals surface area contributed by atoms with Crippen LogP contribution in [0.4, 0.5) is 17.2 Å². The van der Waals surface area contributed by atoms with Gasteiger partial charge in [-0.3, -0.25) is 10.1 Å². The predicted octanol–water partition coefficient (Wildman–Crippen LogP) is 4.29. The highest BCUT2D eigenvalue weighted by molar-refractivity contribution is 7.91. The van der Waals surface area contributed by atoms with Gasteiger partial charge in [-0.1, -0.05) is 31.4 Å². The molecule has 1 aliphatic carbocycles. The van der Waals surface area contributed by atoms with Crippen molar-refractivity contribution >= 4 is 27.0 Å². The fourth-order valence-electron chi connectivity index (χ4n) is 3.47. The Morgan fingerprint density at radius 1 is 1.22 bits per heavy atom. The zero-order chi connectivity index (χ0) is 19.4. The average Bonchev–Trinajstić information content (AvgIpc) is 2.62. The van der Waals surface area contributed by atoms with Crippen LogP contribution >= 0.6 is 0 Å². The first-order valence-electron chi connectivity index (χ1n) is 9.04. The minimum atomic E-state index is -3.17. The van der Waals surface area contributed by atoms with Gasteiger partial charge in [-0.05, 0) is 43.5 Å². The third-order valence-corrected chi connectivity index (χ3v) is 7.13. The van der Waals surface area contributed by atoms with Gasteiger partial charge in [0, 0.05) is 11.3 Å². The molecule has 1 N–H and O–H groups in total. The summed E-state index contributed by atoms with van der Waals surface area (Å²) in [6, 6.07) is 8.81. The first-order chi connectivity index (χ1) is 12.8. The molecule has 1 aliphatic rings. The van der Waals surface area contributed by atoms with Crippen molar-refractivity contribution in [1.29, 1.82) is 0 Å². The molecule has 0 unspecified atom stereocenters. The Balaban J connectivity index is 1.74. The highest BCUT2D eigenvalue weighted by Gasteiger charge is 2.27. The van der Waals surface area contributed by atoms with Gasteiger partial charge in [0.05, 0.1) is 15.9 Å². The molecule has 1 heterocycles. The maximum atomic E-state index is 12.7. The van der Waals surface area contributed by atoms with Crippen LogP contribution in [0.25, 0.3) is 0 Å². The largest absolute Gasteiger partial charge is 0.340 e. The molecule has 0 bridgehead atoms. The summed E-state index contributed by atoms with van der Waals surface area (Å²) in [6.45, 7) is 1.65. The van der Waals surface area contributed by atoms with Gasteiger partial charge in [-0.25, -0.2) is 13.4 Å². The third-order valence-electron chi connectivity index (χ3n) is 4.91. The molecule has 1 aromatic heterocycles. The van der Waals surface area contributed by atoms with E-state index in [9.17, 15) is 18.5 Å². The maximum absolute atomic E-state index is 12.7. The smallest absolute Gasteiger partial charge is 0.290 e. The van der Waals surface area contributed by atoms with Crippen LogP contribution in [0.2, 0.25) is 0 Å². The monoisotopic (exact) mass is 389 g/mol. The number of aryl methyl sites for hydroxylation is 1. The van der Waals surface area contributed by atoms with Crippen molar-refractivity contribution in [1.82, 2.24) is 4.98 Å². The lowest BCUT2D eigenvalue weighted by Crippen LogP contribution is -2.25. The van der Waals surface area contributed by atoms with Crippen LogP contribution in [0.3, 0.4) is 0 Å². The molecule has 27 heavy (non-hydrogen) atoms. The molecular formula is C19H23N3O4S. The van der Waals surface area contributed by atoms with E-state index in [2.05, 4.69) is 10.3 Å². The Bertz CT molecular complexity index is 938. The van der Waals surface area contributed by atoms with Crippen LogP contribution in [0.15, 0.2) is 36.5 Å². The van der Waals surface area contributed by atoms with Crippen molar-refractivity contribution in [3.63, 3.8) is 0 Å². The van der Waals surface area contributed by atoms with Crippen LogP contribution in [-0.2, 0) is 15.6 Å². The SMILES string of the molecule is Cc1cc(Nc2cccc(CS(=O)(=O)C3CCCCC3)c2)ncc1[N+](=O)[O-]. The van der Waals surface area contributed by atoms with E-state index in [0.717, 1.165) is 37.7 Å². The Morgan fingerprint density at radius 3 is 2.63 bits per heavy atom. The fourth-order valence-corrected chi connectivity index (χ4v) is 5.40. The van der Waals surface area contributed by atoms with Gasteiger partial charge in [0.15, 0.2) is 9.84 Å². The van der Waals surface area contributed by atoms with Crippen LogP contribution in [-0.4, -0.2) is 23.6 Å². The lowest BCUT2D eigenvalue weighted by atomic mass is 10.0. The maximum Gasteiger partial charge on any atom is 0.290 e. The number of rotatable bonds is 6. The second kappa shape index (κ2) is 8.04. The van der Waals surface area contributed by atoms with Crippen molar-refractivity contribution < 1.29 is 13.3 Å². The lowest BCUT2D eigenvalue weighted by molar-refractivity contribution is -0.385. The quantitative estimate of drug-likeness (QED) is 0.584. The van der Waals surface area contributed by atoms with Gasteiger partial charge in [0.25, 0.3) is 5.69 Å². The first-order valence-corrected chi connectivity index (χ1v) is 10.8. The zero-order valence-corrected chi connectivity index (χ0v) is 16.0. The minimum Gasteiger partial charge on any atom is -0.340 e. The highest BCUT2D eigenvalue weighted by Crippen LogP contribution is 2.27. The van der Waals surface area contributed by atoms with Crippen LogP contribution < -0.4 is 5.32 Å². The molecule has 0 atom stereocenters. The number of hydrogen-bond donors (Lipinski definition) is 1. The summed E-state index contributed by atoms with van der Waals surface area (Å²) in [5.74, 6) is 0.505. The van der Waals surface area contributed by atoms with Gasteiger partial charge in [0.2, 0.25) is 0 Å². The molecule has 1 saturated carbocycles. The summed E-state index contributed by atoms with van der Waals surface area (Å²) in [5, 5.41) is 13.7. The van der Waals surface area contributed by atoms with Crippen LogP contribution in [0.5, 0.6) is 0 Å². The second-order valence-electron chi connectivity index (χ2n) is 7.01. The third kappa shape index (κ3) is 4.82. The number of anilines is 2. The summed E-state index contributed by atoms with van der Waals surface area (Å²) < 4.78 is 25.3. The number of nitrogens with one attached hydrogen (secondary N) is 1. The first kappa shape index (κ1) is 19.3. The zero-order valence-electron chi connectivity index (χ0n) is 15.2. The summed E-state index contributed by atoms with van der Waals surface area (Å²) in [5.41, 5.74) is 1.90. The summed E-state index contributed by atoms with van der Waals surface area (Å²) >= 11 is 0. The van der Waals surface area contributed by atoms with E-state index in [1.165, 1.54) is 6.20 Å². The van der Waals surface area contributed by atoms with Crippen molar-refractivity contribution in [2.75, 3.05) is 5.32 Å². The van der Waals surface area contributed by atoms with Crippen molar-refractivity contribution in [3.05, 3.63) is 57.8 Å². The molecule has 0 aliphatic heterocycles. The molecule has 0 spiro atoms. The van der Waals surface area contributed by atoms with E-state index in [1.807, 2.05) is 6.07 Å². The molecule has 7 nitrogen and oxygen atoms in total. The predicted molar refractivity (Wildman–Crippen MR) is 105 cm³/mol. The number of hydrogen-bond acceptors (Lipinski definition) is 6. The van der Waals surface area contributed by atoms with Gasteiger partial charge in [-0.2, -0.15) is 0 Å². The van der Waals surface area contributed by atoms with Crippen LogP contribution in [0, 0.1) is 17.0 Å². The summed E-state index contributed by atoms with van der Waals surface area (Å²) in [7, 11) is -3.17. The molecule has 0 amide bonds. The number of aromatic nitrogens is 1. The number of benzene rings is 1.